The minimum atomic E-state index is -1.26. The Bertz CT molecular complexity index is 970. The highest BCUT2D eigenvalue weighted by atomic mass is 32.2. The molecule has 32 heavy (non-hydrogen) atoms. The molecule has 1 atom stereocenters. The number of para-hydroxylation sites is 1. The van der Waals surface area contributed by atoms with E-state index >= 15 is 0 Å². The first-order chi connectivity index (χ1) is 15.4. The van der Waals surface area contributed by atoms with E-state index in [1.54, 1.807) is 11.8 Å². The van der Waals surface area contributed by atoms with E-state index in [4.69, 9.17) is 14.9 Å². The number of piperazine rings is 1. The van der Waals surface area contributed by atoms with E-state index in [9.17, 15) is 9.59 Å². The van der Waals surface area contributed by atoms with E-state index in [0.717, 1.165) is 44.1 Å². The normalized spacial score (nSPS) is 18.5. The molecule has 170 valence electrons. The predicted octanol–water partition coefficient (Wildman–Crippen LogP) is 3.76. The van der Waals surface area contributed by atoms with Gasteiger partial charge in [-0.3, -0.25) is 4.90 Å². The molecule has 0 aromatic heterocycles. The Labute approximate surface area is 192 Å². The first-order valence-corrected chi connectivity index (χ1v) is 11.6. The van der Waals surface area contributed by atoms with Crippen LogP contribution in [0.2, 0.25) is 0 Å². The third-order valence-corrected chi connectivity index (χ3v) is 6.25. The highest BCUT2D eigenvalue weighted by molar-refractivity contribution is 7.98. The highest BCUT2D eigenvalue weighted by Crippen LogP contribution is 2.42. The lowest BCUT2D eigenvalue weighted by molar-refractivity contribution is -0.134. The van der Waals surface area contributed by atoms with Crippen molar-refractivity contribution in [3.8, 4) is 11.5 Å². The fraction of sp³-hybridized carbons (Fsp3) is 0.333. The minimum absolute atomic E-state index is 0.393. The molecule has 2 aliphatic heterocycles. The minimum Gasteiger partial charge on any atom is -0.478 e. The van der Waals surface area contributed by atoms with Crippen LogP contribution in [0.5, 0.6) is 11.5 Å². The Hall–Kier alpha value is -2.81. The Balaban J connectivity index is 0.000000312. The second-order valence-corrected chi connectivity index (χ2v) is 8.56. The summed E-state index contributed by atoms with van der Waals surface area (Å²) in [5, 5.41) is 15.6. The summed E-state index contributed by atoms with van der Waals surface area (Å²) in [6, 6.07) is 15.5. The average Bonchev–Trinajstić information content (AvgIpc) is 2.95. The van der Waals surface area contributed by atoms with Crippen LogP contribution >= 0.6 is 11.8 Å². The van der Waals surface area contributed by atoms with E-state index < -0.39 is 11.9 Å². The zero-order valence-corrected chi connectivity index (χ0v) is 19.0. The zero-order chi connectivity index (χ0) is 23.1. The number of rotatable bonds is 4. The lowest BCUT2D eigenvalue weighted by Gasteiger charge is -2.38. The monoisotopic (exact) mass is 456 g/mol. The fourth-order valence-corrected chi connectivity index (χ4v) is 4.27. The number of carboxylic acid groups (broad SMARTS) is 2. The largest absolute Gasteiger partial charge is 0.478 e. The van der Waals surface area contributed by atoms with E-state index in [-0.39, 0.29) is 0 Å². The predicted molar refractivity (Wildman–Crippen MR) is 125 cm³/mol. The molecular weight excluding hydrogens is 428 g/mol. The van der Waals surface area contributed by atoms with Crippen molar-refractivity contribution >= 4 is 23.7 Å². The van der Waals surface area contributed by atoms with Gasteiger partial charge in [-0.25, -0.2) is 9.59 Å². The number of hydrogen-bond acceptors (Lipinski definition) is 6. The summed E-state index contributed by atoms with van der Waals surface area (Å²) in [6.45, 7) is 4.51. The van der Waals surface area contributed by atoms with Gasteiger partial charge in [0.05, 0.1) is 0 Å². The third-order valence-electron chi connectivity index (χ3n) is 5.53. The SMILES string of the molecule is CSc1ccc2c(c1)C(N1CCN(C)CC1)Cc1ccccc1O2.O=C(O)/C=C\C(=O)O. The van der Waals surface area contributed by atoms with Gasteiger partial charge in [0.15, 0.2) is 0 Å². The number of fused-ring (bicyclic) bond motifs is 2. The summed E-state index contributed by atoms with van der Waals surface area (Å²) in [4.78, 5) is 25.5. The fourth-order valence-electron chi connectivity index (χ4n) is 3.82. The van der Waals surface area contributed by atoms with Crippen molar-refractivity contribution in [2.24, 2.45) is 0 Å². The molecule has 1 saturated heterocycles. The van der Waals surface area contributed by atoms with Crippen LogP contribution in [-0.2, 0) is 16.0 Å². The van der Waals surface area contributed by atoms with Crippen molar-refractivity contribution in [1.29, 1.82) is 0 Å². The summed E-state index contributed by atoms with van der Waals surface area (Å²) in [5.41, 5.74) is 2.64. The van der Waals surface area contributed by atoms with Crippen LogP contribution in [0, 0.1) is 0 Å². The van der Waals surface area contributed by atoms with Gasteiger partial charge in [-0.1, -0.05) is 18.2 Å². The molecule has 2 aromatic carbocycles. The van der Waals surface area contributed by atoms with E-state index in [1.165, 1.54) is 16.0 Å². The van der Waals surface area contributed by atoms with Gasteiger partial charge in [0.25, 0.3) is 0 Å². The summed E-state index contributed by atoms with van der Waals surface area (Å²) in [5.74, 6) is -0.492. The Morgan fingerprint density at radius 1 is 1.00 bits per heavy atom. The van der Waals surface area contributed by atoms with Crippen LogP contribution in [0.3, 0.4) is 0 Å². The molecule has 0 aliphatic carbocycles. The van der Waals surface area contributed by atoms with Crippen molar-refractivity contribution in [3.05, 3.63) is 65.7 Å². The first kappa shape index (κ1) is 23.8. The van der Waals surface area contributed by atoms with Gasteiger partial charge in [-0.15, -0.1) is 11.8 Å². The number of benzene rings is 2. The van der Waals surface area contributed by atoms with Gasteiger partial charge in [0.2, 0.25) is 0 Å². The molecule has 0 saturated carbocycles. The quantitative estimate of drug-likeness (QED) is 0.531. The number of ether oxygens (including phenoxy) is 1. The summed E-state index contributed by atoms with van der Waals surface area (Å²) in [6.07, 6.45) is 4.27. The van der Waals surface area contributed by atoms with Crippen LogP contribution in [0.25, 0.3) is 0 Å². The Morgan fingerprint density at radius 2 is 1.66 bits per heavy atom. The number of thioether (sulfide) groups is 1. The van der Waals surface area contributed by atoms with Gasteiger partial charge in [0.1, 0.15) is 11.5 Å². The number of carboxylic acids is 2. The van der Waals surface area contributed by atoms with Crippen molar-refractivity contribution in [1.82, 2.24) is 9.80 Å². The van der Waals surface area contributed by atoms with E-state index in [1.807, 2.05) is 0 Å². The molecule has 0 spiro atoms. The molecular formula is C24H28N2O5S. The van der Waals surface area contributed by atoms with Crippen molar-refractivity contribution in [3.63, 3.8) is 0 Å². The molecule has 0 radical (unpaired) electrons. The maximum Gasteiger partial charge on any atom is 0.328 e. The first-order valence-electron chi connectivity index (χ1n) is 10.4. The smallest absolute Gasteiger partial charge is 0.328 e. The van der Waals surface area contributed by atoms with Crippen LogP contribution in [0.1, 0.15) is 17.2 Å². The van der Waals surface area contributed by atoms with E-state index in [0.29, 0.717) is 18.2 Å². The molecule has 4 rings (SSSR count). The second-order valence-electron chi connectivity index (χ2n) is 7.68. The lowest BCUT2D eigenvalue weighted by atomic mass is 9.96. The number of hydrogen-bond donors (Lipinski definition) is 2. The summed E-state index contributed by atoms with van der Waals surface area (Å²) < 4.78 is 6.30. The summed E-state index contributed by atoms with van der Waals surface area (Å²) in [7, 11) is 2.21. The standard InChI is InChI=1S/C20H24N2OS.C4H4O4/c1-21-9-11-22(12-10-21)18-13-15-5-3-4-6-19(15)23-20-8-7-16(24-2)14-17(18)20;5-3(6)1-2-4(7)8/h3-8,14,18H,9-13H2,1-2H3;1-2H,(H,5,6)(H,7,8)/b;2-1-. The van der Waals surface area contributed by atoms with E-state index in [2.05, 4.69) is 65.6 Å². The molecule has 2 aliphatic rings. The molecule has 0 bridgehead atoms. The molecule has 1 unspecified atom stereocenters. The van der Waals surface area contributed by atoms with Crippen molar-refractivity contribution in [2.75, 3.05) is 39.5 Å². The Morgan fingerprint density at radius 3 is 2.28 bits per heavy atom. The molecule has 2 N–H and O–H groups in total. The second kappa shape index (κ2) is 11.2. The Kier molecular flexibility index (Phi) is 8.33. The number of carbonyl (C=O) groups is 2. The van der Waals surface area contributed by atoms with Crippen LogP contribution in [0.15, 0.2) is 59.5 Å². The molecule has 8 heteroatoms. The van der Waals surface area contributed by atoms with Crippen molar-refractivity contribution < 1.29 is 24.5 Å². The van der Waals surface area contributed by atoms with Gasteiger partial charge in [-0.05, 0) is 49.6 Å². The highest BCUT2D eigenvalue weighted by Gasteiger charge is 2.30. The van der Waals surface area contributed by atoms with Crippen LogP contribution < -0.4 is 4.74 Å². The molecule has 0 amide bonds. The number of likely N-dealkylation sites (N-methyl/N-ethyl adjacent to an activating group) is 1. The third kappa shape index (κ3) is 6.35. The number of aliphatic carboxylic acids is 2. The van der Waals surface area contributed by atoms with Gasteiger partial charge in [0, 0.05) is 54.8 Å². The topological polar surface area (TPSA) is 90.3 Å². The zero-order valence-electron chi connectivity index (χ0n) is 18.2. The molecule has 7 nitrogen and oxygen atoms in total. The number of nitrogens with zero attached hydrogens (tertiary/aromatic N) is 2. The van der Waals surface area contributed by atoms with Crippen molar-refractivity contribution in [2.45, 2.75) is 17.4 Å². The molecule has 1 fully saturated rings. The lowest BCUT2D eigenvalue weighted by Crippen LogP contribution is -2.46. The maximum atomic E-state index is 9.55. The molecule has 2 heterocycles. The average molecular weight is 457 g/mol. The van der Waals surface area contributed by atoms with Crippen LogP contribution in [0.4, 0.5) is 0 Å². The van der Waals surface area contributed by atoms with Gasteiger partial charge < -0.3 is 19.8 Å². The van der Waals surface area contributed by atoms with Gasteiger partial charge >= 0.3 is 11.9 Å². The molecule has 2 aromatic rings. The van der Waals surface area contributed by atoms with Crippen LogP contribution in [-0.4, -0.2) is 71.4 Å². The summed E-state index contributed by atoms with van der Waals surface area (Å²) >= 11 is 1.80. The van der Waals surface area contributed by atoms with Gasteiger partial charge in [-0.2, -0.15) is 0 Å². The maximum absolute atomic E-state index is 9.55.